The van der Waals surface area contributed by atoms with E-state index in [1.54, 1.807) is 9.58 Å². The van der Waals surface area contributed by atoms with Crippen LogP contribution >= 0.6 is 0 Å². The maximum Gasteiger partial charge on any atom is 0.242 e. The Balaban J connectivity index is 1.68. The number of carbonyl (C=O) groups is 2. The third-order valence-corrected chi connectivity index (χ3v) is 4.18. The van der Waals surface area contributed by atoms with E-state index in [9.17, 15) is 9.59 Å². The van der Waals surface area contributed by atoms with E-state index >= 15 is 0 Å². The lowest BCUT2D eigenvalue weighted by atomic mass is 10.1. The molecule has 0 aliphatic carbocycles. The molecule has 2 aliphatic rings. The Hall–Kier alpha value is -1.85. The van der Waals surface area contributed by atoms with Crippen molar-refractivity contribution in [3.05, 3.63) is 18.0 Å². The van der Waals surface area contributed by atoms with Gasteiger partial charge in [0.1, 0.15) is 0 Å². The summed E-state index contributed by atoms with van der Waals surface area (Å²) < 4.78 is 1.76. The van der Waals surface area contributed by atoms with Gasteiger partial charge in [-0.3, -0.25) is 14.3 Å². The SMILES string of the molecule is Cn1cc([C@H]2CCCN2C(=O)CN2CCCC2=O)cn1. The number of likely N-dealkylation sites (tertiary alicyclic amines) is 2. The molecule has 1 atom stereocenters. The number of aromatic nitrogens is 2. The number of hydrogen-bond acceptors (Lipinski definition) is 3. The van der Waals surface area contributed by atoms with Gasteiger partial charge in [0.2, 0.25) is 11.8 Å². The van der Waals surface area contributed by atoms with Crippen LogP contribution in [0.3, 0.4) is 0 Å². The van der Waals surface area contributed by atoms with Gasteiger partial charge in [-0.15, -0.1) is 0 Å². The molecule has 20 heavy (non-hydrogen) atoms. The Labute approximate surface area is 118 Å². The van der Waals surface area contributed by atoms with Crippen molar-refractivity contribution >= 4 is 11.8 Å². The standard InChI is InChI=1S/C14H20N4O2/c1-16-9-11(8-15-16)12-4-2-7-18(12)14(20)10-17-6-3-5-13(17)19/h8-9,12H,2-7,10H2,1H3/t12-/m1/s1. The molecule has 0 saturated carbocycles. The first-order chi connectivity index (χ1) is 9.65. The van der Waals surface area contributed by atoms with Crippen molar-refractivity contribution in [3.63, 3.8) is 0 Å². The molecule has 0 radical (unpaired) electrons. The smallest absolute Gasteiger partial charge is 0.242 e. The predicted octanol–water partition coefficient (Wildman–Crippen LogP) is 0.706. The average molecular weight is 276 g/mol. The molecular weight excluding hydrogens is 256 g/mol. The molecule has 0 aromatic carbocycles. The van der Waals surface area contributed by atoms with E-state index in [-0.39, 0.29) is 24.4 Å². The molecule has 0 unspecified atom stereocenters. The minimum Gasteiger partial charge on any atom is -0.334 e. The molecule has 3 heterocycles. The van der Waals surface area contributed by atoms with Crippen molar-refractivity contribution in [2.45, 2.75) is 31.7 Å². The van der Waals surface area contributed by atoms with E-state index in [1.165, 1.54) is 0 Å². The Morgan fingerprint density at radius 1 is 1.40 bits per heavy atom. The average Bonchev–Trinajstić information content (AvgIpc) is 3.11. The van der Waals surface area contributed by atoms with E-state index in [0.717, 1.165) is 37.9 Å². The molecule has 0 spiro atoms. The van der Waals surface area contributed by atoms with Gasteiger partial charge >= 0.3 is 0 Å². The van der Waals surface area contributed by atoms with Crippen LogP contribution in [0.2, 0.25) is 0 Å². The molecule has 108 valence electrons. The summed E-state index contributed by atoms with van der Waals surface area (Å²) in [5.41, 5.74) is 1.09. The molecule has 2 saturated heterocycles. The zero-order valence-corrected chi connectivity index (χ0v) is 11.8. The van der Waals surface area contributed by atoms with Gasteiger partial charge < -0.3 is 9.80 Å². The molecule has 0 bridgehead atoms. The van der Waals surface area contributed by atoms with Gasteiger partial charge in [-0.1, -0.05) is 0 Å². The summed E-state index contributed by atoms with van der Waals surface area (Å²) >= 11 is 0. The second-order valence-electron chi connectivity index (χ2n) is 5.61. The Morgan fingerprint density at radius 3 is 2.90 bits per heavy atom. The van der Waals surface area contributed by atoms with E-state index in [2.05, 4.69) is 5.10 Å². The van der Waals surface area contributed by atoms with Crippen LogP contribution in [-0.4, -0.2) is 51.0 Å². The second-order valence-corrected chi connectivity index (χ2v) is 5.61. The lowest BCUT2D eigenvalue weighted by Crippen LogP contribution is -2.40. The number of nitrogens with zero attached hydrogens (tertiary/aromatic N) is 4. The van der Waals surface area contributed by atoms with Crippen LogP contribution in [-0.2, 0) is 16.6 Å². The van der Waals surface area contributed by atoms with Crippen LogP contribution in [0, 0.1) is 0 Å². The predicted molar refractivity (Wildman–Crippen MR) is 72.7 cm³/mol. The maximum absolute atomic E-state index is 12.4. The number of rotatable bonds is 3. The van der Waals surface area contributed by atoms with Crippen molar-refractivity contribution in [2.24, 2.45) is 7.05 Å². The lowest BCUT2D eigenvalue weighted by molar-refractivity contribution is -0.139. The molecule has 6 heteroatoms. The quantitative estimate of drug-likeness (QED) is 0.817. The molecule has 1 aromatic rings. The van der Waals surface area contributed by atoms with E-state index < -0.39 is 0 Å². The summed E-state index contributed by atoms with van der Waals surface area (Å²) in [5, 5.41) is 4.18. The number of amides is 2. The lowest BCUT2D eigenvalue weighted by Gasteiger charge is -2.26. The van der Waals surface area contributed by atoms with Crippen LogP contribution in [0.25, 0.3) is 0 Å². The topological polar surface area (TPSA) is 58.4 Å². The monoisotopic (exact) mass is 276 g/mol. The van der Waals surface area contributed by atoms with Gasteiger partial charge in [0.25, 0.3) is 0 Å². The summed E-state index contributed by atoms with van der Waals surface area (Å²) in [6.45, 7) is 1.73. The summed E-state index contributed by atoms with van der Waals surface area (Å²) in [6, 6.07) is 0.119. The normalized spacial score (nSPS) is 22.9. The third-order valence-electron chi connectivity index (χ3n) is 4.18. The molecule has 6 nitrogen and oxygen atoms in total. The van der Waals surface area contributed by atoms with Crippen molar-refractivity contribution < 1.29 is 9.59 Å². The number of aryl methyl sites for hydroxylation is 1. The highest BCUT2D eigenvalue weighted by molar-refractivity contribution is 5.86. The molecule has 1 aromatic heterocycles. The molecule has 0 N–H and O–H groups in total. The van der Waals surface area contributed by atoms with Crippen molar-refractivity contribution in [1.29, 1.82) is 0 Å². The first-order valence-corrected chi connectivity index (χ1v) is 7.21. The Kier molecular flexibility index (Phi) is 3.46. The molecule has 2 aliphatic heterocycles. The fraction of sp³-hybridized carbons (Fsp3) is 0.643. The van der Waals surface area contributed by atoms with E-state index in [1.807, 2.05) is 24.3 Å². The van der Waals surface area contributed by atoms with Crippen LogP contribution in [0.15, 0.2) is 12.4 Å². The summed E-state index contributed by atoms with van der Waals surface area (Å²) in [4.78, 5) is 27.7. The van der Waals surface area contributed by atoms with E-state index in [0.29, 0.717) is 6.42 Å². The summed E-state index contributed by atoms with van der Waals surface area (Å²) in [5.74, 6) is 0.169. The first-order valence-electron chi connectivity index (χ1n) is 7.21. The van der Waals surface area contributed by atoms with Gasteiger partial charge in [0.05, 0.1) is 18.8 Å². The van der Waals surface area contributed by atoms with Crippen molar-refractivity contribution in [2.75, 3.05) is 19.6 Å². The van der Waals surface area contributed by atoms with Gasteiger partial charge in [-0.25, -0.2) is 0 Å². The highest BCUT2D eigenvalue weighted by atomic mass is 16.2. The number of hydrogen-bond donors (Lipinski definition) is 0. The Morgan fingerprint density at radius 2 is 2.25 bits per heavy atom. The van der Waals surface area contributed by atoms with Crippen molar-refractivity contribution in [1.82, 2.24) is 19.6 Å². The Bertz CT molecular complexity index is 525. The molecular formula is C14H20N4O2. The maximum atomic E-state index is 12.4. The largest absolute Gasteiger partial charge is 0.334 e. The van der Waals surface area contributed by atoms with Gasteiger partial charge in [-0.05, 0) is 19.3 Å². The fourth-order valence-corrected chi connectivity index (χ4v) is 3.15. The minimum atomic E-state index is 0.0617. The summed E-state index contributed by atoms with van der Waals surface area (Å²) in [7, 11) is 1.88. The van der Waals surface area contributed by atoms with Crippen LogP contribution < -0.4 is 0 Å². The first kappa shape index (κ1) is 13.1. The fourth-order valence-electron chi connectivity index (χ4n) is 3.15. The van der Waals surface area contributed by atoms with Gasteiger partial charge in [0, 0.05) is 38.3 Å². The van der Waals surface area contributed by atoms with Gasteiger partial charge in [0.15, 0.2) is 0 Å². The van der Waals surface area contributed by atoms with Crippen LogP contribution in [0.1, 0.15) is 37.3 Å². The highest BCUT2D eigenvalue weighted by Crippen LogP contribution is 2.31. The molecule has 2 fully saturated rings. The van der Waals surface area contributed by atoms with Crippen LogP contribution in [0.4, 0.5) is 0 Å². The molecule has 3 rings (SSSR count). The second kappa shape index (κ2) is 5.26. The number of carbonyl (C=O) groups excluding carboxylic acids is 2. The van der Waals surface area contributed by atoms with Gasteiger partial charge in [-0.2, -0.15) is 5.10 Å². The zero-order chi connectivity index (χ0) is 14.1. The summed E-state index contributed by atoms with van der Waals surface area (Å²) in [6.07, 6.45) is 7.25. The van der Waals surface area contributed by atoms with E-state index in [4.69, 9.17) is 0 Å². The van der Waals surface area contributed by atoms with Crippen molar-refractivity contribution in [3.8, 4) is 0 Å². The highest BCUT2D eigenvalue weighted by Gasteiger charge is 2.32. The molecule has 2 amide bonds. The minimum absolute atomic E-state index is 0.0617. The third kappa shape index (κ3) is 2.42. The zero-order valence-electron chi connectivity index (χ0n) is 11.8. The van der Waals surface area contributed by atoms with Crippen LogP contribution in [0.5, 0.6) is 0 Å².